The minimum atomic E-state index is 0.390. The predicted molar refractivity (Wildman–Crippen MR) is 106 cm³/mol. The molecule has 3 aromatic carbocycles. The molecule has 0 atom stereocenters. The molecule has 0 unspecified atom stereocenters. The lowest BCUT2D eigenvalue weighted by atomic mass is 10.00. The highest BCUT2D eigenvalue weighted by molar-refractivity contribution is 5.95. The zero-order valence-corrected chi connectivity index (χ0v) is 14.0. The fraction of sp³-hybridized carbons (Fsp3) is 0. The number of nitrogens with zero attached hydrogens (tertiary/aromatic N) is 3. The number of benzene rings is 3. The fourth-order valence-corrected chi connectivity index (χ4v) is 3.43. The molecule has 0 aliphatic heterocycles. The molecule has 124 valence electrons. The van der Waals surface area contributed by atoms with Crippen molar-refractivity contribution in [1.29, 1.82) is 0 Å². The fourth-order valence-electron chi connectivity index (χ4n) is 3.43. The minimum absolute atomic E-state index is 0.390. The average Bonchev–Trinajstić information content (AvgIpc) is 3.05. The molecule has 0 bridgehead atoms. The van der Waals surface area contributed by atoms with Gasteiger partial charge < -0.3 is 5.73 Å². The molecule has 0 saturated carbocycles. The number of fused-ring (bicyclic) bond motifs is 2. The number of anilines is 1. The molecule has 4 nitrogen and oxygen atoms in total. The summed E-state index contributed by atoms with van der Waals surface area (Å²) in [7, 11) is 0. The van der Waals surface area contributed by atoms with Crippen LogP contribution in [0, 0.1) is 0 Å². The van der Waals surface area contributed by atoms with E-state index in [-0.39, 0.29) is 0 Å². The van der Waals surface area contributed by atoms with Crippen LogP contribution in [0.2, 0.25) is 0 Å². The SMILES string of the molecule is Nc1nc(-c2ccccc2)c2c(-c3ccc4ccccc4c3)ccnn12. The van der Waals surface area contributed by atoms with Crippen molar-refractivity contribution in [1.82, 2.24) is 14.6 Å². The van der Waals surface area contributed by atoms with Gasteiger partial charge in [-0.2, -0.15) is 9.61 Å². The molecule has 0 fully saturated rings. The highest BCUT2D eigenvalue weighted by Crippen LogP contribution is 2.34. The third-order valence-electron chi connectivity index (χ3n) is 4.67. The van der Waals surface area contributed by atoms with Crippen LogP contribution in [0.5, 0.6) is 0 Å². The molecular formula is C22H16N4. The summed E-state index contributed by atoms with van der Waals surface area (Å²) in [6.07, 6.45) is 1.77. The zero-order chi connectivity index (χ0) is 17.5. The van der Waals surface area contributed by atoms with Crippen molar-refractivity contribution in [2.24, 2.45) is 0 Å². The van der Waals surface area contributed by atoms with E-state index in [9.17, 15) is 0 Å². The Kier molecular flexibility index (Phi) is 3.22. The molecule has 0 radical (unpaired) electrons. The summed E-state index contributed by atoms with van der Waals surface area (Å²) in [5, 5.41) is 6.83. The van der Waals surface area contributed by atoms with Crippen LogP contribution in [-0.4, -0.2) is 14.6 Å². The van der Waals surface area contributed by atoms with Crippen LogP contribution in [0.1, 0.15) is 0 Å². The largest absolute Gasteiger partial charge is 0.368 e. The second-order valence-corrected chi connectivity index (χ2v) is 6.25. The normalized spacial score (nSPS) is 11.2. The number of imidazole rings is 1. The van der Waals surface area contributed by atoms with E-state index < -0.39 is 0 Å². The second kappa shape index (κ2) is 5.70. The van der Waals surface area contributed by atoms with E-state index in [4.69, 9.17) is 5.73 Å². The maximum absolute atomic E-state index is 6.14. The van der Waals surface area contributed by atoms with E-state index >= 15 is 0 Å². The van der Waals surface area contributed by atoms with Gasteiger partial charge in [0.05, 0.1) is 0 Å². The van der Waals surface area contributed by atoms with E-state index in [0.29, 0.717) is 5.95 Å². The van der Waals surface area contributed by atoms with Crippen molar-refractivity contribution in [2.75, 3.05) is 5.73 Å². The van der Waals surface area contributed by atoms with Gasteiger partial charge in [-0.05, 0) is 28.5 Å². The van der Waals surface area contributed by atoms with Crippen molar-refractivity contribution >= 4 is 22.2 Å². The van der Waals surface area contributed by atoms with E-state index in [1.807, 2.05) is 36.4 Å². The second-order valence-electron chi connectivity index (χ2n) is 6.25. The van der Waals surface area contributed by atoms with Crippen LogP contribution in [-0.2, 0) is 0 Å². The Balaban J connectivity index is 1.82. The summed E-state index contributed by atoms with van der Waals surface area (Å²) >= 11 is 0. The first-order chi connectivity index (χ1) is 12.8. The van der Waals surface area contributed by atoms with E-state index in [0.717, 1.165) is 27.9 Å². The van der Waals surface area contributed by atoms with Gasteiger partial charge in [0.25, 0.3) is 0 Å². The Hall–Kier alpha value is -3.66. The van der Waals surface area contributed by atoms with Crippen LogP contribution in [0.3, 0.4) is 0 Å². The van der Waals surface area contributed by atoms with Crippen molar-refractivity contribution in [2.45, 2.75) is 0 Å². The van der Waals surface area contributed by atoms with Gasteiger partial charge in [0.1, 0.15) is 11.2 Å². The molecule has 5 rings (SSSR count). The van der Waals surface area contributed by atoms with E-state index in [1.54, 1.807) is 10.7 Å². The topological polar surface area (TPSA) is 56.2 Å². The van der Waals surface area contributed by atoms with Gasteiger partial charge in [0.2, 0.25) is 5.95 Å². The maximum Gasteiger partial charge on any atom is 0.222 e. The molecular weight excluding hydrogens is 320 g/mol. The molecule has 2 aromatic heterocycles. The average molecular weight is 336 g/mol. The van der Waals surface area contributed by atoms with Crippen molar-refractivity contribution < 1.29 is 0 Å². The van der Waals surface area contributed by atoms with Crippen LogP contribution in [0.15, 0.2) is 85.1 Å². The van der Waals surface area contributed by atoms with Crippen LogP contribution >= 0.6 is 0 Å². The van der Waals surface area contributed by atoms with Gasteiger partial charge in [0, 0.05) is 17.3 Å². The number of rotatable bonds is 2. The number of aromatic nitrogens is 3. The van der Waals surface area contributed by atoms with Crippen molar-refractivity contribution in [3.8, 4) is 22.4 Å². The number of hydrogen-bond acceptors (Lipinski definition) is 3. The highest BCUT2D eigenvalue weighted by Gasteiger charge is 2.16. The third kappa shape index (κ3) is 2.24. The summed E-state index contributed by atoms with van der Waals surface area (Å²) in [5.74, 6) is 0.390. The Labute approximate surface area is 150 Å². The Morgan fingerprint density at radius 3 is 2.35 bits per heavy atom. The first-order valence-electron chi connectivity index (χ1n) is 8.49. The molecule has 0 amide bonds. The monoisotopic (exact) mass is 336 g/mol. The number of hydrogen-bond donors (Lipinski definition) is 1. The molecule has 4 heteroatoms. The zero-order valence-electron chi connectivity index (χ0n) is 14.0. The third-order valence-corrected chi connectivity index (χ3v) is 4.67. The standard InChI is InChI=1S/C22H16N4/c23-22-25-20(16-7-2-1-3-8-16)21-19(12-13-24-26(21)22)18-11-10-15-6-4-5-9-17(15)14-18/h1-14H,(H2,23,25). The first-order valence-corrected chi connectivity index (χ1v) is 8.49. The Morgan fingerprint density at radius 2 is 1.50 bits per heavy atom. The van der Waals surface area contributed by atoms with Gasteiger partial charge in [-0.3, -0.25) is 0 Å². The van der Waals surface area contributed by atoms with Gasteiger partial charge in [-0.1, -0.05) is 66.7 Å². The highest BCUT2D eigenvalue weighted by atomic mass is 15.3. The van der Waals surface area contributed by atoms with Gasteiger partial charge >= 0.3 is 0 Å². The lowest BCUT2D eigenvalue weighted by molar-refractivity contribution is 0.941. The predicted octanol–water partition coefficient (Wildman–Crippen LogP) is 4.80. The Morgan fingerprint density at radius 1 is 0.731 bits per heavy atom. The van der Waals surface area contributed by atoms with Crippen LogP contribution < -0.4 is 5.73 Å². The van der Waals surface area contributed by atoms with Gasteiger partial charge in [0.15, 0.2) is 0 Å². The van der Waals surface area contributed by atoms with Crippen molar-refractivity contribution in [3.05, 3.63) is 85.1 Å². The van der Waals surface area contributed by atoms with Crippen molar-refractivity contribution in [3.63, 3.8) is 0 Å². The first kappa shape index (κ1) is 14.7. The molecule has 0 aliphatic rings. The molecule has 26 heavy (non-hydrogen) atoms. The minimum Gasteiger partial charge on any atom is -0.368 e. The maximum atomic E-state index is 6.14. The summed E-state index contributed by atoms with van der Waals surface area (Å²) < 4.78 is 1.72. The molecule has 2 N–H and O–H groups in total. The molecule has 0 saturated heterocycles. The number of nitrogen functional groups attached to an aromatic ring is 1. The lowest BCUT2D eigenvalue weighted by Crippen LogP contribution is -1.98. The number of nitrogens with two attached hydrogens (primary N) is 1. The summed E-state index contributed by atoms with van der Waals surface area (Å²) in [6.45, 7) is 0. The summed E-state index contributed by atoms with van der Waals surface area (Å²) in [5.41, 5.74) is 11.1. The molecule has 2 heterocycles. The van der Waals surface area contributed by atoms with E-state index in [2.05, 4.69) is 52.5 Å². The Bertz CT molecular complexity index is 1240. The molecule has 5 aromatic rings. The quantitative estimate of drug-likeness (QED) is 0.504. The smallest absolute Gasteiger partial charge is 0.222 e. The van der Waals surface area contributed by atoms with Crippen LogP contribution in [0.4, 0.5) is 5.95 Å². The molecule has 0 aliphatic carbocycles. The summed E-state index contributed by atoms with van der Waals surface area (Å²) in [4.78, 5) is 4.59. The summed E-state index contributed by atoms with van der Waals surface area (Å²) in [6, 6.07) is 26.9. The van der Waals surface area contributed by atoms with Gasteiger partial charge in [-0.15, -0.1) is 0 Å². The molecule has 0 spiro atoms. The van der Waals surface area contributed by atoms with E-state index in [1.165, 1.54) is 10.8 Å². The lowest BCUT2D eigenvalue weighted by Gasteiger charge is -2.08. The van der Waals surface area contributed by atoms with Gasteiger partial charge in [-0.25, -0.2) is 4.98 Å². The van der Waals surface area contributed by atoms with Crippen LogP contribution in [0.25, 0.3) is 38.7 Å².